The van der Waals surface area contributed by atoms with E-state index >= 15 is 0 Å². The number of aromatic nitrogens is 1. The highest BCUT2D eigenvalue weighted by Crippen LogP contribution is 2.30. The fourth-order valence-electron chi connectivity index (χ4n) is 1.94. The van der Waals surface area contributed by atoms with Crippen molar-refractivity contribution >= 4 is 39.6 Å². The van der Waals surface area contributed by atoms with E-state index in [0.29, 0.717) is 15.7 Å². The van der Waals surface area contributed by atoms with Crippen molar-refractivity contribution in [3.63, 3.8) is 0 Å². The van der Waals surface area contributed by atoms with E-state index in [1.807, 2.05) is 25.1 Å². The van der Waals surface area contributed by atoms with Gasteiger partial charge in [0.25, 0.3) is 5.91 Å². The second-order valence-corrected chi connectivity index (χ2v) is 6.76. The lowest BCUT2D eigenvalue weighted by Crippen LogP contribution is -2.14. The van der Waals surface area contributed by atoms with Gasteiger partial charge in [0, 0.05) is 5.38 Å². The Bertz CT molecular complexity index is 863. The van der Waals surface area contributed by atoms with Gasteiger partial charge in [0.1, 0.15) is 11.5 Å². The number of carbonyl (C=O) groups excluding carboxylic acids is 2. The molecule has 23 heavy (non-hydrogen) atoms. The van der Waals surface area contributed by atoms with Crippen LogP contribution < -0.4 is 11.1 Å². The number of nitrogens with one attached hydrogen (secondary N) is 1. The average molecular weight is 347 g/mol. The van der Waals surface area contributed by atoms with Crippen LogP contribution in [0.2, 0.25) is 0 Å². The van der Waals surface area contributed by atoms with Gasteiger partial charge in [-0.2, -0.15) is 0 Å². The number of nitrogens with two attached hydrogens (primary N) is 1. The van der Waals surface area contributed by atoms with Crippen LogP contribution in [-0.4, -0.2) is 16.8 Å². The third kappa shape index (κ3) is 3.66. The second kappa shape index (κ2) is 6.35. The molecule has 8 heteroatoms. The number of aryl methyl sites for hydroxylation is 1. The van der Waals surface area contributed by atoms with Gasteiger partial charge in [-0.1, -0.05) is 0 Å². The molecule has 3 rings (SSSR count). The lowest BCUT2D eigenvalue weighted by molar-refractivity contribution is -0.117. The molecule has 0 bridgehead atoms. The number of rotatable bonds is 5. The van der Waals surface area contributed by atoms with Crippen LogP contribution in [0.25, 0.3) is 10.6 Å². The first-order valence-corrected chi connectivity index (χ1v) is 8.41. The Morgan fingerprint density at radius 1 is 1.30 bits per heavy atom. The van der Waals surface area contributed by atoms with Crippen LogP contribution in [0.3, 0.4) is 0 Å². The maximum absolute atomic E-state index is 12.2. The highest BCUT2D eigenvalue weighted by molar-refractivity contribution is 7.17. The normalized spacial score (nSPS) is 10.7. The van der Waals surface area contributed by atoms with Crippen molar-refractivity contribution in [3.8, 4) is 10.6 Å². The summed E-state index contributed by atoms with van der Waals surface area (Å²) in [5.41, 5.74) is 5.67. The highest BCUT2D eigenvalue weighted by atomic mass is 32.1. The van der Waals surface area contributed by atoms with E-state index in [1.165, 1.54) is 22.7 Å². The van der Waals surface area contributed by atoms with E-state index in [0.717, 1.165) is 16.4 Å². The number of hydrogen-bond donors (Lipinski definition) is 2. The van der Waals surface area contributed by atoms with Gasteiger partial charge in [0.2, 0.25) is 5.91 Å². The summed E-state index contributed by atoms with van der Waals surface area (Å²) in [5, 5.41) is 4.86. The van der Waals surface area contributed by atoms with Crippen LogP contribution >= 0.6 is 22.7 Å². The van der Waals surface area contributed by atoms with Crippen molar-refractivity contribution < 1.29 is 14.0 Å². The van der Waals surface area contributed by atoms with Crippen LogP contribution in [0.4, 0.5) is 5.13 Å². The number of hydrogen-bond acceptors (Lipinski definition) is 6. The Morgan fingerprint density at radius 2 is 2.13 bits per heavy atom. The zero-order chi connectivity index (χ0) is 16.4. The minimum Gasteiger partial charge on any atom is -0.461 e. The van der Waals surface area contributed by atoms with Crippen LogP contribution in [0.5, 0.6) is 0 Å². The average Bonchev–Trinajstić information content (AvgIpc) is 3.18. The standard InChI is InChI=1S/C15H13N3O3S2/c1-8-2-3-10(21-8)11-4-5-12(23-11)14(20)18-15-17-9(7-22-15)6-13(16)19/h2-5,7H,6H2,1H3,(H2,16,19)(H,17,18,20). The summed E-state index contributed by atoms with van der Waals surface area (Å²) in [6.45, 7) is 1.87. The predicted molar refractivity (Wildman–Crippen MR) is 89.7 cm³/mol. The molecular formula is C15H13N3O3S2. The van der Waals surface area contributed by atoms with Gasteiger partial charge >= 0.3 is 0 Å². The maximum atomic E-state index is 12.2. The molecule has 3 aromatic rings. The zero-order valence-electron chi connectivity index (χ0n) is 12.2. The molecule has 118 valence electrons. The summed E-state index contributed by atoms with van der Waals surface area (Å²) >= 11 is 2.60. The Hall–Kier alpha value is -2.45. The lowest BCUT2D eigenvalue weighted by Gasteiger charge is -1.98. The molecule has 0 fully saturated rings. The largest absolute Gasteiger partial charge is 0.461 e. The van der Waals surface area contributed by atoms with E-state index in [4.69, 9.17) is 10.2 Å². The Balaban J connectivity index is 1.70. The molecule has 0 atom stereocenters. The number of anilines is 1. The van der Waals surface area contributed by atoms with Gasteiger partial charge in [0.15, 0.2) is 5.13 Å². The predicted octanol–water partition coefficient (Wildman–Crippen LogP) is 3.05. The molecule has 2 amide bonds. The van der Waals surface area contributed by atoms with Crippen molar-refractivity contribution in [2.45, 2.75) is 13.3 Å². The summed E-state index contributed by atoms with van der Waals surface area (Å²) in [5.74, 6) is 0.864. The molecule has 0 aliphatic carbocycles. The fourth-order valence-corrected chi connectivity index (χ4v) is 3.51. The van der Waals surface area contributed by atoms with E-state index in [1.54, 1.807) is 11.4 Å². The topological polar surface area (TPSA) is 98.2 Å². The Labute approximate surface area is 140 Å². The van der Waals surface area contributed by atoms with Crippen molar-refractivity contribution in [2.24, 2.45) is 5.73 Å². The van der Waals surface area contributed by atoms with Crippen LogP contribution in [0.15, 0.2) is 34.1 Å². The van der Waals surface area contributed by atoms with Crippen molar-refractivity contribution in [1.29, 1.82) is 0 Å². The van der Waals surface area contributed by atoms with Crippen LogP contribution in [0, 0.1) is 6.92 Å². The lowest BCUT2D eigenvalue weighted by atomic mass is 10.3. The Morgan fingerprint density at radius 3 is 2.83 bits per heavy atom. The van der Waals surface area contributed by atoms with E-state index in [-0.39, 0.29) is 12.3 Å². The van der Waals surface area contributed by atoms with Gasteiger partial charge in [0.05, 0.1) is 21.9 Å². The van der Waals surface area contributed by atoms with E-state index in [9.17, 15) is 9.59 Å². The zero-order valence-corrected chi connectivity index (χ0v) is 13.8. The van der Waals surface area contributed by atoms with Crippen LogP contribution in [0.1, 0.15) is 21.1 Å². The number of amides is 2. The number of carbonyl (C=O) groups is 2. The van der Waals surface area contributed by atoms with Gasteiger partial charge in [-0.15, -0.1) is 22.7 Å². The first-order valence-electron chi connectivity index (χ1n) is 6.72. The molecule has 0 unspecified atom stereocenters. The van der Waals surface area contributed by atoms with Gasteiger partial charge in [-0.05, 0) is 31.2 Å². The number of thiazole rings is 1. The van der Waals surface area contributed by atoms with Crippen molar-refractivity contribution in [2.75, 3.05) is 5.32 Å². The quantitative estimate of drug-likeness (QED) is 0.741. The highest BCUT2D eigenvalue weighted by Gasteiger charge is 2.14. The first-order chi connectivity index (χ1) is 11.0. The number of primary amides is 1. The molecule has 0 saturated heterocycles. The molecule has 0 radical (unpaired) electrons. The second-order valence-electron chi connectivity index (χ2n) is 4.82. The minimum atomic E-state index is -0.454. The molecule has 6 nitrogen and oxygen atoms in total. The maximum Gasteiger partial charge on any atom is 0.267 e. The van der Waals surface area contributed by atoms with Gasteiger partial charge in [-0.3, -0.25) is 14.9 Å². The molecule has 3 aromatic heterocycles. The molecule has 0 saturated carbocycles. The van der Waals surface area contributed by atoms with Crippen molar-refractivity contribution in [3.05, 3.63) is 46.0 Å². The smallest absolute Gasteiger partial charge is 0.267 e. The minimum absolute atomic E-state index is 0.0629. The molecule has 0 aliphatic rings. The monoisotopic (exact) mass is 347 g/mol. The van der Waals surface area contributed by atoms with E-state index < -0.39 is 5.91 Å². The van der Waals surface area contributed by atoms with E-state index in [2.05, 4.69) is 10.3 Å². The fraction of sp³-hybridized carbons (Fsp3) is 0.133. The SMILES string of the molecule is Cc1ccc(-c2ccc(C(=O)Nc3nc(CC(N)=O)cs3)s2)o1. The molecule has 3 N–H and O–H groups in total. The number of thiophene rings is 1. The van der Waals surface area contributed by atoms with Gasteiger partial charge < -0.3 is 10.2 Å². The third-order valence-corrected chi connectivity index (χ3v) is 4.85. The van der Waals surface area contributed by atoms with Crippen molar-refractivity contribution in [1.82, 2.24) is 4.98 Å². The summed E-state index contributed by atoms with van der Waals surface area (Å²) in [6.07, 6.45) is 0.0629. The third-order valence-electron chi connectivity index (χ3n) is 2.94. The molecule has 0 spiro atoms. The number of nitrogens with zero attached hydrogens (tertiary/aromatic N) is 1. The summed E-state index contributed by atoms with van der Waals surface area (Å²) in [4.78, 5) is 28.7. The summed E-state index contributed by atoms with van der Waals surface area (Å²) in [7, 11) is 0. The molecular weight excluding hydrogens is 334 g/mol. The first kappa shape index (κ1) is 15.4. The summed E-state index contributed by atoms with van der Waals surface area (Å²) in [6, 6.07) is 7.34. The molecule has 0 aromatic carbocycles. The number of furan rings is 1. The summed E-state index contributed by atoms with van der Waals surface area (Å²) < 4.78 is 5.55. The Kier molecular flexibility index (Phi) is 4.26. The molecule has 3 heterocycles. The molecule has 0 aliphatic heterocycles. The van der Waals surface area contributed by atoms with Crippen LogP contribution in [-0.2, 0) is 11.2 Å². The van der Waals surface area contributed by atoms with Gasteiger partial charge in [-0.25, -0.2) is 4.98 Å².